The number of nitrogens with one attached hydrogen (secondary N) is 2. The Kier molecular flexibility index (Phi) is 3.96. The van der Waals surface area contributed by atoms with Crippen molar-refractivity contribution in [2.75, 3.05) is 25.5 Å². The van der Waals surface area contributed by atoms with E-state index in [1.54, 1.807) is 38.1 Å². The summed E-state index contributed by atoms with van der Waals surface area (Å²) in [7, 11) is 1.59. The molecule has 0 unspecified atom stereocenters. The number of fused-ring (bicyclic) bond motifs is 1. The van der Waals surface area contributed by atoms with Crippen molar-refractivity contribution < 1.29 is 4.74 Å². The quantitative estimate of drug-likeness (QED) is 0.749. The van der Waals surface area contributed by atoms with E-state index < -0.39 is 0 Å². The summed E-state index contributed by atoms with van der Waals surface area (Å²) in [6, 6.07) is 2.18. The number of aromatic nitrogens is 5. The molecule has 4 heterocycles. The fourth-order valence-electron chi connectivity index (χ4n) is 2.91. The Morgan fingerprint density at radius 3 is 3.08 bits per heavy atom. The van der Waals surface area contributed by atoms with Crippen molar-refractivity contribution >= 4 is 16.9 Å². The molecule has 1 saturated heterocycles. The maximum Gasteiger partial charge on any atom is 0.215 e. The van der Waals surface area contributed by atoms with E-state index in [4.69, 9.17) is 4.74 Å². The van der Waals surface area contributed by atoms with Gasteiger partial charge in [0, 0.05) is 18.7 Å². The monoisotopic (exact) mass is 325 g/mol. The lowest BCUT2D eigenvalue weighted by Gasteiger charge is -2.24. The van der Waals surface area contributed by atoms with E-state index >= 15 is 0 Å². The second-order valence-corrected chi connectivity index (χ2v) is 5.78. The van der Waals surface area contributed by atoms with Crippen LogP contribution in [0.1, 0.15) is 12.8 Å². The van der Waals surface area contributed by atoms with Crippen LogP contribution in [0.2, 0.25) is 0 Å². The highest BCUT2D eigenvalue weighted by atomic mass is 16.5. The molecule has 0 amide bonds. The van der Waals surface area contributed by atoms with Gasteiger partial charge in [0.2, 0.25) is 5.88 Å². The van der Waals surface area contributed by atoms with Crippen LogP contribution in [0.25, 0.3) is 16.9 Å². The summed E-state index contributed by atoms with van der Waals surface area (Å²) in [5, 5.41) is 6.83. The van der Waals surface area contributed by atoms with Crippen LogP contribution in [-0.4, -0.2) is 50.7 Å². The lowest BCUT2D eigenvalue weighted by atomic mass is 10.1. The second kappa shape index (κ2) is 6.40. The van der Waals surface area contributed by atoms with E-state index in [0.717, 1.165) is 36.4 Å². The molecule has 1 aliphatic heterocycles. The van der Waals surface area contributed by atoms with Gasteiger partial charge in [0.05, 0.1) is 36.7 Å². The predicted molar refractivity (Wildman–Crippen MR) is 90.5 cm³/mol. The van der Waals surface area contributed by atoms with Crippen LogP contribution < -0.4 is 15.4 Å². The first-order chi connectivity index (χ1) is 11.8. The zero-order valence-corrected chi connectivity index (χ0v) is 13.4. The molecule has 8 heteroatoms. The molecule has 0 radical (unpaired) electrons. The molecular formula is C16H19N7O. The van der Waals surface area contributed by atoms with Crippen LogP contribution in [0.4, 0.5) is 5.82 Å². The van der Waals surface area contributed by atoms with Crippen molar-refractivity contribution in [2.45, 2.75) is 18.9 Å². The molecule has 0 saturated carbocycles. The highest BCUT2D eigenvalue weighted by Gasteiger charge is 2.14. The van der Waals surface area contributed by atoms with Crippen molar-refractivity contribution in [3.8, 4) is 11.7 Å². The largest absolute Gasteiger partial charge is 0.481 e. The van der Waals surface area contributed by atoms with E-state index in [9.17, 15) is 0 Å². The molecule has 3 aromatic rings. The number of anilines is 1. The molecule has 24 heavy (non-hydrogen) atoms. The van der Waals surface area contributed by atoms with Crippen LogP contribution in [0.3, 0.4) is 0 Å². The third kappa shape index (κ3) is 2.88. The fourth-order valence-corrected chi connectivity index (χ4v) is 2.91. The van der Waals surface area contributed by atoms with Gasteiger partial charge in [-0.25, -0.2) is 15.0 Å². The van der Waals surface area contributed by atoms with Crippen LogP contribution >= 0.6 is 0 Å². The summed E-state index contributed by atoms with van der Waals surface area (Å²) in [5.41, 5.74) is 1.67. The number of pyridine rings is 1. The Bertz CT molecular complexity index is 841. The number of methoxy groups -OCH3 is 1. The van der Waals surface area contributed by atoms with Gasteiger partial charge in [-0.3, -0.25) is 9.55 Å². The van der Waals surface area contributed by atoms with Crippen molar-refractivity contribution in [2.24, 2.45) is 0 Å². The lowest BCUT2D eigenvalue weighted by molar-refractivity contribution is 0.398. The average Bonchev–Trinajstić information content (AvgIpc) is 3.06. The number of ether oxygens (including phenoxy) is 1. The summed E-state index contributed by atoms with van der Waals surface area (Å²) < 4.78 is 7.01. The molecule has 8 nitrogen and oxygen atoms in total. The Morgan fingerprint density at radius 2 is 2.25 bits per heavy atom. The minimum Gasteiger partial charge on any atom is -0.481 e. The van der Waals surface area contributed by atoms with Crippen molar-refractivity contribution in [3.05, 3.63) is 31.0 Å². The van der Waals surface area contributed by atoms with Gasteiger partial charge < -0.3 is 15.4 Å². The SMILES string of the molecule is COc1cc2ncn(-c3cncc(N[C@@H]4CCCNC4)n3)c2cn1. The van der Waals surface area contributed by atoms with Gasteiger partial charge >= 0.3 is 0 Å². The van der Waals surface area contributed by atoms with Crippen LogP contribution in [0.15, 0.2) is 31.0 Å². The van der Waals surface area contributed by atoms with Gasteiger partial charge in [-0.1, -0.05) is 0 Å². The summed E-state index contributed by atoms with van der Waals surface area (Å²) in [6.45, 7) is 2.03. The van der Waals surface area contributed by atoms with Gasteiger partial charge in [-0.05, 0) is 19.4 Å². The average molecular weight is 325 g/mol. The first-order valence-electron chi connectivity index (χ1n) is 8.00. The van der Waals surface area contributed by atoms with E-state index in [2.05, 4.69) is 30.6 Å². The van der Waals surface area contributed by atoms with Crippen molar-refractivity contribution in [3.63, 3.8) is 0 Å². The number of hydrogen-bond acceptors (Lipinski definition) is 7. The number of rotatable bonds is 4. The lowest BCUT2D eigenvalue weighted by Crippen LogP contribution is -2.38. The Labute approximate surface area is 139 Å². The molecule has 1 aliphatic rings. The smallest absolute Gasteiger partial charge is 0.215 e. The molecule has 3 aromatic heterocycles. The first-order valence-corrected chi connectivity index (χ1v) is 8.00. The van der Waals surface area contributed by atoms with Crippen LogP contribution in [0, 0.1) is 0 Å². The number of piperidine rings is 1. The fraction of sp³-hybridized carbons (Fsp3) is 0.375. The zero-order chi connectivity index (χ0) is 16.4. The number of imidazole rings is 1. The van der Waals surface area contributed by atoms with Crippen LogP contribution in [-0.2, 0) is 0 Å². The molecular weight excluding hydrogens is 306 g/mol. The second-order valence-electron chi connectivity index (χ2n) is 5.78. The van der Waals surface area contributed by atoms with E-state index in [0.29, 0.717) is 17.7 Å². The van der Waals surface area contributed by atoms with Gasteiger partial charge in [0.25, 0.3) is 0 Å². The van der Waals surface area contributed by atoms with E-state index in [1.165, 1.54) is 6.42 Å². The van der Waals surface area contributed by atoms with Crippen molar-refractivity contribution in [1.82, 2.24) is 29.8 Å². The minimum absolute atomic E-state index is 0.383. The van der Waals surface area contributed by atoms with Crippen molar-refractivity contribution in [1.29, 1.82) is 0 Å². The van der Waals surface area contributed by atoms with Gasteiger partial charge in [0.1, 0.15) is 12.1 Å². The van der Waals surface area contributed by atoms with E-state index in [1.807, 2.05) is 4.57 Å². The standard InChI is InChI=1S/C16H19N7O/c1-24-16-5-12-13(7-19-16)23(10-20-12)15-9-18-8-14(22-15)21-11-3-2-4-17-6-11/h5,7-11,17H,2-4,6H2,1H3,(H,21,22)/t11-/m1/s1. The summed E-state index contributed by atoms with van der Waals surface area (Å²) in [5.74, 6) is 2.02. The van der Waals surface area contributed by atoms with E-state index in [-0.39, 0.29) is 0 Å². The molecule has 0 spiro atoms. The Hall–Kier alpha value is -2.74. The zero-order valence-electron chi connectivity index (χ0n) is 13.4. The summed E-state index contributed by atoms with van der Waals surface area (Å²) in [6.07, 6.45) is 9.23. The van der Waals surface area contributed by atoms with Crippen LogP contribution in [0.5, 0.6) is 5.88 Å². The topological polar surface area (TPSA) is 89.8 Å². The highest BCUT2D eigenvalue weighted by molar-refractivity contribution is 5.77. The molecule has 2 N–H and O–H groups in total. The first kappa shape index (κ1) is 14.8. The maximum absolute atomic E-state index is 5.14. The molecule has 4 rings (SSSR count). The number of nitrogens with zero attached hydrogens (tertiary/aromatic N) is 5. The normalized spacial score (nSPS) is 17.8. The maximum atomic E-state index is 5.14. The minimum atomic E-state index is 0.383. The summed E-state index contributed by atoms with van der Waals surface area (Å²) in [4.78, 5) is 17.6. The molecule has 0 bridgehead atoms. The highest BCUT2D eigenvalue weighted by Crippen LogP contribution is 2.20. The number of hydrogen-bond donors (Lipinski definition) is 2. The third-order valence-electron chi connectivity index (χ3n) is 4.14. The van der Waals surface area contributed by atoms with Gasteiger partial charge in [-0.2, -0.15) is 0 Å². The van der Waals surface area contributed by atoms with Gasteiger partial charge in [-0.15, -0.1) is 0 Å². The third-order valence-corrected chi connectivity index (χ3v) is 4.14. The summed E-state index contributed by atoms with van der Waals surface area (Å²) >= 11 is 0. The molecule has 0 aliphatic carbocycles. The molecule has 124 valence electrons. The Morgan fingerprint density at radius 1 is 1.29 bits per heavy atom. The molecule has 0 aromatic carbocycles. The Balaban J connectivity index is 1.63. The molecule has 1 atom stereocenters. The molecule has 1 fully saturated rings. The van der Waals surface area contributed by atoms with Gasteiger partial charge in [0.15, 0.2) is 5.82 Å². The predicted octanol–water partition coefficient (Wildman–Crippen LogP) is 1.38.